The Morgan fingerprint density at radius 3 is 1.40 bits per heavy atom. The second-order valence-corrected chi connectivity index (χ2v) is 3.01. The Morgan fingerprint density at radius 2 is 1.20 bits per heavy atom. The molecule has 1 aromatic carbocycles. The first-order valence-electron chi connectivity index (χ1n) is 2.16. The molecule has 4 heteroatoms. The van der Waals surface area contributed by atoms with Gasteiger partial charge in [0.2, 0.25) is 0 Å². The van der Waals surface area contributed by atoms with Crippen molar-refractivity contribution in [3.05, 3.63) is 30.3 Å². The fourth-order valence-corrected chi connectivity index (χ4v) is 0.987. The van der Waals surface area contributed by atoms with Crippen LogP contribution in [-0.4, -0.2) is 22.5 Å². The van der Waals surface area contributed by atoms with Crippen LogP contribution in [0, 0.1) is 0 Å². The van der Waals surface area contributed by atoms with Crippen molar-refractivity contribution in [3.63, 3.8) is 0 Å². The van der Waals surface area contributed by atoms with Gasteiger partial charge in [-0.3, -0.25) is 0 Å². The Kier molecular flexibility index (Phi) is 16.9. The number of halogens is 3. The van der Waals surface area contributed by atoms with Gasteiger partial charge in [0.05, 0.1) is 0 Å². The van der Waals surface area contributed by atoms with Gasteiger partial charge in [0.15, 0.2) is 0 Å². The van der Waals surface area contributed by atoms with Crippen molar-refractivity contribution in [2.24, 2.45) is 0 Å². The molecule has 0 aliphatic heterocycles. The van der Waals surface area contributed by atoms with Gasteiger partial charge in [0.1, 0.15) is 0 Å². The van der Waals surface area contributed by atoms with E-state index in [9.17, 15) is 0 Å². The molecule has 0 N–H and O–H groups in total. The van der Waals surface area contributed by atoms with Crippen molar-refractivity contribution in [1.29, 1.82) is 0 Å². The summed E-state index contributed by atoms with van der Waals surface area (Å²) in [5, 5.41) is 0. The molecule has 0 nitrogen and oxygen atoms in total. The van der Waals surface area contributed by atoms with Crippen LogP contribution in [0.5, 0.6) is 0 Å². The third kappa shape index (κ3) is 7.00. The quantitative estimate of drug-likeness (QED) is 0.418. The molecule has 0 fully saturated rings. The second-order valence-electron chi connectivity index (χ2n) is 1.37. The molecule has 0 amide bonds. The molecule has 57 valence electrons. The predicted octanol–water partition coefficient (Wildman–Crippen LogP) is -8.51. The van der Waals surface area contributed by atoms with E-state index in [1.54, 1.807) is 0 Å². The van der Waals surface area contributed by atoms with Gasteiger partial charge in [0.25, 0.3) is 0 Å². The third-order valence-corrected chi connectivity index (χ3v) is 1.73. The molecule has 0 heterocycles. The van der Waals surface area contributed by atoms with E-state index in [1.807, 2.05) is 6.07 Å². The molecule has 10 heavy (non-hydrogen) atoms. The van der Waals surface area contributed by atoms with Crippen LogP contribution < -0.4 is 40.8 Å². The van der Waals surface area contributed by atoms with Crippen LogP contribution >= 0.6 is 0 Å². The Balaban J connectivity index is -0.000000163. The molecule has 0 spiro atoms. The van der Waals surface area contributed by atoms with Crippen molar-refractivity contribution >= 4 is 26.1 Å². The number of hydrogen-bond acceptors (Lipinski definition) is 0. The van der Waals surface area contributed by atoms with E-state index < -0.39 is 0 Å². The summed E-state index contributed by atoms with van der Waals surface area (Å²) in [7, 11) is 0. The summed E-state index contributed by atoms with van der Waals surface area (Å²) in [6, 6.07) is 10.4. The summed E-state index contributed by atoms with van der Waals surface area (Å²) in [4.78, 5) is 0. The zero-order valence-corrected chi connectivity index (χ0v) is 10.1. The predicted molar refractivity (Wildman–Crippen MR) is 31.8 cm³/mol. The van der Waals surface area contributed by atoms with E-state index in [0.717, 1.165) is 0 Å². The summed E-state index contributed by atoms with van der Waals surface area (Å²) in [6.45, 7) is 0. The average Bonchev–Trinajstić information content (AvgIpc) is 1.69. The van der Waals surface area contributed by atoms with Crippen LogP contribution in [0.4, 0.5) is 0 Å². The van der Waals surface area contributed by atoms with Crippen molar-refractivity contribution in [1.82, 2.24) is 0 Å². The van der Waals surface area contributed by atoms with E-state index >= 15 is 0 Å². The van der Waals surface area contributed by atoms with E-state index in [4.69, 9.17) is 0 Å². The first-order chi connectivity index (χ1) is 3.39. The SMILES string of the molecule is [Cl-].[Cl-].[Cl-].[Sn][c]1ccccc1. The molecule has 0 aliphatic carbocycles. The first kappa shape index (κ1) is 17.1. The molecule has 3 radical (unpaired) electrons. The van der Waals surface area contributed by atoms with Crippen LogP contribution in [-0.2, 0) is 0 Å². The molecule has 1 aromatic rings. The monoisotopic (exact) mass is 302 g/mol. The van der Waals surface area contributed by atoms with Crippen LogP contribution in [0.25, 0.3) is 0 Å². The topological polar surface area (TPSA) is 0 Å². The first-order valence-corrected chi connectivity index (χ1v) is 3.59. The van der Waals surface area contributed by atoms with Crippen molar-refractivity contribution in [2.75, 3.05) is 0 Å². The van der Waals surface area contributed by atoms with Gasteiger partial charge in [0, 0.05) is 0 Å². The van der Waals surface area contributed by atoms with Crippen molar-refractivity contribution in [2.45, 2.75) is 0 Å². The van der Waals surface area contributed by atoms with Crippen molar-refractivity contribution < 1.29 is 37.2 Å². The molecule has 0 bridgehead atoms. The molecule has 0 saturated carbocycles. The van der Waals surface area contributed by atoms with E-state index in [1.165, 1.54) is 26.1 Å². The molecular weight excluding hydrogens is 297 g/mol. The van der Waals surface area contributed by atoms with Crippen molar-refractivity contribution in [3.8, 4) is 0 Å². The number of hydrogen-bond donors (Lipinski definition) is 0. The van der Waals surface area contributed by atoms with Gasteiger partial charge in [-0.1, -0.05) is 0 Å². The zero-order valence-electron chi connectivity index (χ0n) is 5.02. The van der Waals surface area contributed by atoms with Crippen LogP contribution in [0.3, 0.4) is 0 Å². The molecule has 0 atom stereocenters. The Labute approximate surface area is 93.1 Å². The summed E-state index contributed by atoms with van der Waals surface area (Å²) in [5.74, 6) is 0. The van der Waals surface area contributed by atoms with Crippen LogP contribution in [0.15, 0.2) is 30.3 Å². The molecular formula is C6H5Cl3Sn-3. The van der Waals surface area contributed by atoms with Gasteiger partial charge in [-0.05, 0) is 0 Å². The zero-order chi connectivity index (χ0) is 5.11. The molecule has 0 aliphatic rings. The van der Waals surface area contributed by atoms with Gasteiger partial charge >= 0.3 is 56.4 Å². The fraction of sp³-hybridized carbons (Fsp3) is 0. The van der Waals surface area contributed by atoms with E-state index in [2.05, 4.69) is 24.3 Å². The summed E-state index contributed by atoms with van der Waals surface area (Å²) >= 11 is 1.49. The Hall–Kier alpha value is 0.889. The van der Waals surface area contributed by atoms with Crippen LogP contribution in [0.2, 0.25) is 0 Å². The van der Waals surface area contributed by atoms with E-state index in [-0.39, 0.29) is 37.2 Å². The second kappa shape index (κ2) is 9.89. The number of benzene rings is 1. The van der Waals surface area contributed by atoms with Gasteiger partial charge in [-0.15, -0.1) is 0 Å². The Bertz CT molecular complexity index is 143. The summed E-state index contributed by atoms with van der Waals surface area (Å²) < 4.78 is 1.41. The number of rotatable bonds is 0. The minimum absolute atomic E-state index is 0. The van der Waals surface area contributed by atoms with Gasteiger partial charge in [-0.2, -0.15) is 0 Å². The van der Waals surface area contributed by atoms with Crippen LogP contribution in [0.1, 0.15) is 0 Å². The fourth-order valence-electron chi connectivity index (χ4n) is 0.438. The standard InChI is InChI=1S/C6H5.3ClH.Sn/c1-2-4-6-5-3-1;;;;/h1-5H;3*1H;/p-3. The van der Waals surface area contributed by atoms with E-state index in [0.29, 0.717) is 0 Å². The third-order valence-electron chi connectivity index (χ3n) is 0.774. The summed E-state index contributed by atoms with van der Waals surface area (Å²) in [6.07, 6.45) is 0. The molecule has 0 saturated heterocycles. The average molecular weight is 302 g/mol. The molecule has 1 rings (SSSR count). The maximum atomic E-state index is 2.12. The van der Waals surface area contributed by atoms with Gasteiger partial charge < -0.3 is 37.2 Å². The van der Waals surface area contributed by atoms with Gasteiger partial charge in [-0.25, -0.2) is 0 Å². The molecule has 0 aromatic heterocycles. The molecule has 0 unspecified atom stereocenters. The summed E-state index contributed by atoms with van der Waals surface area (Å²) in [5.41, 5.74) is 0. The normalized spacial score (nSPS) is 6.10. The Morgan fingerprint density at radius 1 is 0.800 bits per heavy atom. The minimum atomic E-state index is 0. The maximum absolute atomic E-state index is 2.12.